The maximum absolute atomic E-state index is 7.74. The Balaban J connectivity index is 1.97. The summed E-state index contributed by atoms with van der Waals surface area (Å²) in [5, 5.41) is 0.794. The fraction of sp³-hybridized carbons (Fsp3) is 0.769. The molecular formula is C13H20BNO3S. The zero-order valence-electron chi connectivity index (χ0n) is 14.6. The van der Waals surface area contributed by atoms with Gasteiger partial charge in [-0.25, -0.2) is 4.98 Å². The number of hydrogen-bond acceptors (Lipinski definition) is 5. The van der Waals surface area contributed by atoms with Gasteiger partial charge in [-0.05, 0) is 34.5 Å². The summed E-state index contributed by atoms with van der Waals surface area (Å²) >= 11 is 1.37. The summed E-state index contributed by atoms with van der Waals surface area (Å²) in [5.74, 6) is 0.183. The van der Waals surface area contributed by atoms with Crippen molar-refractivity contribution in [2.24, 2.45) is 0 Å². The van der Waals surface area contributed by atoms with E-state index >= 15 is 0 Å². The summed E-state index contributed by atoms with van der Waals surface area (Å²) in [5.41, 5.74) is -0.918. The summed E-state index contributed by atoms with van der Waals surface area (Å²) < 4.78 is 41.0. The van der Waals surface area contributed by atoms with E-state index in [0.29, 0.717) is 18.0 Å². The predicted octanol–water partition coefficient (Wildman–Crippen LogP) is 1.86. The summed E-state index contributed by atoms with van der Waals surface area (Å²) in [6.07, 6.45) is 0. The van der Waals surface area contributed by atoms with Crippen molar-refractivity contribution in [1.82, 2.24) is 4.98 Å². The van der Waals surface area contributed by atoms with E-state index in [4.69, 9.17) is 18.2 Å². The fourth-order valence-corrected chi connectivity index (χ4v) is 3.01. The Kier molecular flexibility index (Phi) is 2.33. The Morgan fingerprint density at radius 1 is 1.26 bits per heavy atom. The fourth-order valence-electron chi connectivity index (χ4n) is 2.01. The SMILES string of the molecule is [2H]C([2H])([2H])c1nc(C2COC2)sc1B1OC(C)(C)C(C)(C)O1. The van der Waals surface area contributed by atoms with Crippen molar-refractivity contribution < 1.29 is 18.2 Å². The second-order valence-corrected chi connectivity index (χ2v) is 7.15. The van der Waals surface area contributed by atoms with Gasteiger partial charge < -0.3 is 14.0 Å². The third-order valence-corrected chi connectivity index (χ3v) is 5.36. The second kappa shape index (κ2) is 4.28. The highest BCUT2D eigenvalue weighted by Crippen LogP contribution is 2.37. The van der Waals surface area contributed by atoms with Gasteiger partial charge in [0.25, 0.3) is 0 Å². The summed E-state index contributed by atoms with van der Waals surface area (Å²) in [4.78, 5) is 4.36. The molecule has 0 spiro atoms. The van der Waals surface area contributed by atoms with Gasteiger partial charge in [0.05, 0.1) is 35.1 Å². The average Bonchev–Trinajstić information content (AvgIpc) is 2.76. The number of rotatable bonds is 2. The van der Waals surface area contributed by atoms with Crippen LogP contribution in [0.4, 0.5) is 0 Å². The first-order valence-electron chi connectivity index (χ1n) is 7.96. The smallest absolute Gasteiger partial charge is 0.399 e. The molecule has 0 aromatic carbocycles. The molecule has 0 N–H and O–H groups in total. The van der Waals surface area contributed by atoms with Crippen molar-refractivity contribution in [3.05, 3.63) is 10.7 Å². The lowest BCUT2D eigenvalue weighted by Crippen LogP contribution is -2.41. The van der Waals surface area contributed by atoms with Gasteiger partial charge in [-0.2, -0.15) is 0 Å². The van der Waals surface area contributed by atoms with Crippen LogP contribution < -0.4 is 4.78 Å². The lowest BCUT2D eigenvalue weighted by molar-refractivity contribution is 0.00578. The number of ether oxygens (including phenoxy) is 1. The minimum absolute atomic E-state index is 0.0953. The van der Waals surface area contributed by atoms with Crippen molar-refractivity contribution >= 4 is 23.2 Å². The number of hydrogen-bond donors (Lipinski definition) is 0. The van der Waals surface area contributed by atoms with E-state index in [9.17, 15) is 0 Å². The van der Waals surface area contributed by atoms with Crippen LogP contribution in [0.15, 0.2) is 0 Å². The third kappa shape index (κ3) is 2.15. The van der Waals surface area contributed by atoms with E-state index < -0.39 is 25.2 Å². The summed E-state index contributed by atoms with van der Waals surface area (Å²) in [6.45, 7) is 6.70. The van der Waals surface area contributed by atoms with E-state index in [-0.39, 0.29) is 11.6 Å². The lowest BCUT2D eigenvalue weighted by atomic mass is 9.86. The highest BCUT2D eigenvalue weighted by atomic mass is 32.1. The highest BCUT2D eigenvalue weighted by Gasteiger charge is 2.53. The first-order valence-corrected chi connectivity index (χ1v) is 7.27. The topological polar surface area (TPSA) is 40.6 Å². The Morgan fingerprint density at radius 3 is 2.37 bits per heavy atom. The minimum atomic E-state index is -2.28. The van der Waals surface area contributed by atoms with Crippen LogP contribution in [-0.4, -0.2) is 36.5 Å². The quantitative estimate of drug-likeness (QED) is 0.777. The van der Waals surface area contributed by atoms with Gasteiger partial charge in [-0.1, -0.05) is 0 Å². The summed E-state index contributed by atoms with van der Waals surface area (Å²) in [7, 11) is -0.687. The normalized spacial score (nSPS) is 28.6. The molecule has 0 amide bonds. The van der Waals surface area contributed by atoms with E-state index in [1.807, 2.05) is 27.7 Å². The molecular weight excluding hydrogens is 261 g/mol. The van der Waals surface area contributed by atoms with Gasteiger partial charge in [0.1, 0.15) is 5.01 Å². The number of aryl methyl sites for hydroxylation is 1. The van der Waals surface area contributed by atoms with Crippen molar-refractivity contribution in [3.63, 3.8) is 0 Å². The van der Waals surface area contributed by atoms with Crippen LogP contribution in [0, 0.1) is 6.85 Å². The largest absolute Gasteiger partial charge is 0.507 e. The second-order valence-electron chi connectivity index (χ2n) is 6.09. The molecule has 0 aliphatic carbocycles. The van der Waals surface area contributed by atoms with E-state index in [1.165, 1.54) is 11.3 Å². The van der Waals surface area contributed by atoms with Gasteiger partial charge in [0.15, 0.2) is 0 Å². The maximum atomic E-state index is 7.74. The van der Waals surface area contributed by atoms with Crippen molar-refractivity contribution in [2.75, 3.05) is 13.2 Å². The molecule has 3 rings (SSSR count). The molecule has 104 valence electrons. The molecule has 0 atom stereocenters. The number of thiazole rings is 1. The number of aromatic nitrogens is 1. The first-order chi connectivity index (χ1) is 10.0. The van der Waals surface area contributed by atoms with Crippen molar-refractivity contribution in [1.29, 1.82) is 0 Å². The zero-order valence-corrected chi connectivity index (χ0v) is 12.5. The molecule has 0 saturated carbocycles. The Labute approximate surface area is 122 Å². The molecule has 6 heteroatoms. The Bertz CT molecular complexity index is 568. The predicted molar refractivity (Wildman–Crippen MR) is 76.1 cm³/mol. The van der Waals surface area contributed by atoms with E-state index in [2.05, 4.69) is 4.98 Å². The molecule has 4 nitrogen and oxygen atoms in total. The molecule has 2 fully saturated rings. The van der Waals surface area contributed by atoms with Crippen molar-refractivity contribution in [2.45, 2.75) is 51.7 Å². The van der Waals surface area contributed by atoms with Crippen LogP contribution in [0.25, 0.3) is 0 Å². The monoisotopic (exact) mass is 284 g/mol. The molecule has 0 radical (unpaired) electrons. The minimum Gasteiger partial charge on any atom is -0.399 e. The maximum Gasteiger partial charge on any atom is 0.507 e. The van der Waals surface area contributed by atoms with Gasteiger partial charge in [-0.15, -0.1) is 11.3 Å². The number of nitrogens with zero attached hydrogens (tertiary/aromatic N) is 1. The molecule has 0 unspecified atom stereocenters. The van der Waals surface area contributed by atoms with E-state index in [1.54, 1.807) is 0 Å². The van der Waals surface area contributed by atoms with Crippen LogP contribution in [0.5, 0.6) is 0 Å². The van der Waals surface area contributed by atoms with Crippen LogP contribution in [0.1, 0.15) is 48.4 Å². The molecule has 1 aromatic heterocycles. The van der Waals surface area contributed by atoms with Crippen LogP contribution >= 0.6 is 11.3 Å². The molecule has 3 heterocycles. The van der Waals surface area contributed by atoms with Gasteiger partial charge in [-0.3, -0.25) is 0 Å². The zero-order chi connectivity index (χ0) is 16.3. The Hall–Kier alpha value is -0.425. The molecule has 0 bridgehead atoms. The molecule has 19 heavy (non-hydrogen) atoms. The average molecular weight is 284 g/mol. The van der Waals surface area contributed by atoms with Crippen LogP contribution in [0.3, 0.4) is 0 Å². The first kappa shape index (κ1) is 10.3. The highest BCUT2D eigenvalue weighted by molar-refractivity contribution is 7.22. The lowest BCUT2D eigenvalue weighted by Gasteiger charge is -2.32. The summed E-state index contributed by atoms with van der Waals surface area (Å²) in [6, 6.07) is 0. The van der Waals surface area contributed by atoms with Gasteiger partial charge in [0, 0.05) is 9.81 Å². The molecule has 2 aliphatic heterocycles. The molecule has 2 saturated heterocycles. The van der Waals surface area contributed by atoms with Crippen LogP contribution in [-0.2, 0) is 14.0 Å². The van der Waals surface area contributed by atoms with Gasteiger partial charge >= 0.3 is 7.12 Å². The standard InChI is InChI=1S/C13H20BNO3S/c1-8-10(19-11(15-8)9-6-16-7-9)14-17-12(2,3)13(4,5)18-14/h9H,6-7H2,1-5H3/i1D3. The molecule has 1 aromatic rings. The Morgan fingerprint density at radius 2 is 1.89 bits per heavy atom. The van der Waals surface area contributed by atoms with Crippen LogP contribution in [0.2, 0.25) is 0 Å². The molecule has 2 aliphatic rings. The third-order valence-electron chi connectivity index (χ3n) is 4.12. The van der Waals surface area contributed by atoms with Gasteiger partial charge in [0.2, 0.25) is 0 Å². The van der Waals surface area contributed by atoms with Crippen molar-refractivity contribution in [3.8, 4) is 0 Å². The van der Waals surface area contributed by atoms with E-state index in [0.717, 1.165) is 5.01 Å².